The molecule has 0 radical (unpaired) electrons. The number of likely N-dealkylation sites (tertiary alicyclic amines) is 1. The van der Waals surface area contributed by atoms with Gasteiger partial charge in [-0.15, -0.1) is 0 Å². The molecule has 1 fully saturated rings. The van der Waals surface area contributed by atoms with Gasteiger partial charge in [0, 0.05) is 19.6 Å². The third kappa shape index (κ3) is 2.29. The van der Waals surface area contributed by atoms with E-state index in [9.17, 15) is 4.79 Å². The van der Waals surface area contributed by atoms with Gasteiger partial charge in [-0.2, -0.15) is 0 Å². The lowest BCUT2D eigenvalue weighted by atomic mass is 9.84. The van der Waals surface area contributed by atoms with Gasteiger partial charge in [-0.25, -0.2) is 0 Å². The van der Waals surface area contributed by atoms with E-state index in [4.69, 9.17) is 4.74 Å². The Balaban J connectivity index is 2.62. The van der Waals surface area contributed by atoms with E-state index >= 15 is 0 Å². The maximum Gasteiger partial charge on any atom is 0.151 e. The van der Waals surface area contributed by atoms with Crippen molar-refractivity contribution >= 4 is 6.29 Å². The summed E-state index contributed by atoms with van der Waals surface area (Å²) < 4.78 is 5.28. The molecule has 0 saturated carbocycles. The fourth-order valence-electron chi connectivity index (χ4n) is 1.95. The fraction of sp³-hybridized carbons (Fsp3) is 0.900. The van der Waals surface area contributed by atoms with Gasteiger partial charge in [0.25, 0.3) is 0 Å². The van der Waals surface area contributed by atoms with Crippen LogP contribution < -0.4 is 0 Å². The Morgan fingerprint density at radius 3 is 2.77 bits per heavy atom. The summed E-state index contributed by atoms with van der Waals surface area (Å²) in [5.74, 6) is 0.341. The lowest BCUT2D eigenvalue weighted by Gasteiger charge is -2.38. The van der Waals surface area contributed by atoms with E-state index in [1.165, 1.54) is 0 Å². The van der Waals surface area contributed by atoms with Crippen molar-refractivity contribution in [2.45, 2.75) is 25.4 Å². The molecule has 76 valence electrons. The van der Waals surface area contributed by atoms with Crippen LogP contribution in [0, 0.1) is 5.92 Å². The normalized spacial score (nSPS) is 29.6. The predicted octanol–water partition coefficient (Wildman–Crippen LogP) is 0.932. The minimum absolute atomic E-state index is 0.341. The Morgan fingerprint density at radius 1 is 1.62 bits per heavy atom. The van der Waals surface area contributed by atoms with Crippen LogP contribution in [0.4, 0.5) is 0 Å². The zero-order chi connectivity index (χ0) is 9.90. The van der Waals surface area contributed by atoms with Crippen molar-refractivity contribution < 1.29 is 9.53 Å². The Bertz CT molecular complexity index is 184. The topological polar surface area (TPSA) is 29.5 Å². The molecule has 0 aliphatic carbocycles. The number of carbonyl (C=O) groups is 1. The molecule has 0 aromatic rings. The van der Waals surface area contributed by atoms with Gasteiger partial charge in [-0.1, -0.05) is 0 Å². The number of hydrogen-bond donors (Lipinski definition) is 0. The van der Waals surface area contributed by atoms with Crippen molar-refractivity contribution in [3.05, 3.63) is 0 Å². The first kappa shape index (κ1) is 10.7. The second-order valence-electron chi connectivity index (χ2n) is 4.11. The zero-order valence-electron chi connectivity index (χ0n) is 8.75. The molecule has 1 rings (SSSR count). The van der Waals surface area contributed by atoms with Gasteiger partial charge in [0.05, 0.1) is 0 Å². The molecule has 2 atom stereocenters. The van der Waals surface area contributed by atoms with Crippen molar-refractivity contribution in [2.75, 3.05) is 27.2 Å². The van der Waals surface area contributed by atoms with Gasteiger partial charge in [0.1, 0.15) is 5.60 Å². The van der Waals surface area contributed by atoms with Crippen molar-refractivity contribution in [2.24, 2.45) is 5.92 Å². The molecule has 1 aliphatic heterocycles. The summed E-state index contributed by atoms with van der Waals surface area (Å²) in [7, 11) is 3.70. The Kier molecular flexibility index (Phi) is 3.45. The molecule has 2 unspecified atom stereocenters. The van der Waals surface area contributed by atoms with Gasteiger partial charge in [0.2, 0.25) is 0 Å². The standard InChI is InChI=1S/C10H19NO2/c1-10(8-12,13-3)9-5-4-6-11(2)7-9/h8-9H,4-7H2,1-3H3. The SMILES string of the molecule is COC(C)(C=O)C1CCCN(C)C1. The molecule has 13 heavy (non-hydrogen) atoms. The van der Waals surface area contributed by atoms with Crippen molar-refractivity contribution in [3.8, 4) is 0 Å². The van der Waals surface area contributed by atoms with Gasteiger partial charge >= 0.3 is 0 Å². The molecule has 0 spiro atoms. The number of carbonyl (C=O) groups excluding carboxylic acids is 1. The van der Waals surface area contributed by atoms with Crippen molar-refractivity contribution in [1.82, 2.24) is 4.90 Å². The third-order valence-corrected chi connectivity index (χ3v) is 3.11. The van der Waals surface area contributed by atoms with Crippen LogP contribution in [0.1, 0.15) is 19.8 Å². The molecule has 3 nitrogen and oxygen atoms in total. The predicted molar refractivity (Wildman–Crippen MR) is 51.7 cm³/mol. The number of piperidine rings is 1. The molecule has 3 heteroatoms. The number of ether oxygens (including phenoxy) is 1. The van der Waals surface area contributed by atoms with E-state index in [1.807, 2.05) is 6.92 Å². The molecule has 0 aromatic carbocycles. The molecular weight excluding hydrogens is 166 g/mol. The Morgan fingerprint density at radius 2 is 2.31 bits per heavy atom. The average Bonchev–Trinajstić information content (AvgIpc) is 2.17. The van der Waals surface area contributed by atoms with Crippen LogP contribution in [0.15, 0.2) is 0 Å². The van der Waals surface area contributed by atoms with Crippen molar-refractivity contribution in [1.29, 1.82) is 0 Å². The van der Waals surface area contributed by atoms with Gasteiger partial charge in [0.15, 0.2) is 6.29 Å². The molecular formula is C10H19NO2. The summed E-state index contributed by atoms with van der Waals surface area (Å²) in [6, 6.07) is 0. The number of hydrogen-bond acceptors (Lipinski definition) is 3. The van der Waals surface area contributed by atoms with Crippen LogP contribution in [0.25, 0.3) is 0 Å². The number of rotatable bonds is 3. The maximum absolute atomic E-state index is 10.9. The number of methoxy groups -OCH3 is 1. The largest absolute Gasteiger partial charge is 0.371 e. The van der Waals surface area contributed by atoms with Gasteiger partial charge in [-0.3, -0.25) is 0 Å². The molecule has 0 bridgehead atoms. The van der Waals surface area contributed by atoms with E-state index in [1.54, 1.807) is 7.11 Å². The van der Waals surface area contributed by atoms with Gasteiger partial charge in [-0.05, 0) is 33.4 Å². The number of nitrogens with zero attached hydrogens (tertiary/aromatic N) is 1. The van der Waals surface area contributed by atoms with Crippen LogP contribution in [-0.4, -0.2) is 44.0 Å². The summed E-state index contributed by atoms with van der Waals surface area (Å²) in [6.07, 6.45) is 3.19. The van der Waals surface area contributed by atoms with Crippen LogP contribution in [0.5, 0.6) is 0 Å². The molecule has 1 aliphatic rings. The fourth-order valence-corrected chi connectivity index (χ4v) is 1.95. The third-order valence-electron chi connectivity index (χ3n) is 3.11. The highest BCUT2D eigenvalue weighted by Gasteiger charge is 2.36. The molecule has 0 N–H and O–H groups in total. The van der Waals surface area contributed by atoms with E-state index < -0.39 is 5.60 Å². The van der Waals surface area contributed by atoms with Crippen LogP contribution in [-0.2, 0) is 9.53 Å². The molecule has 1 saturated heterocycles. The quantitative estimate of drug-likeness (QED) is 0.613. The molecule has 0 aromatic heterocycles. The van der Waals surface area contributed by atoms with Crippen LogP contribution in [0.3, 0.4) is 0 Å². The monoisotopic (exact) mass is 185 g/mol. The molecule has 1 heterocycles. The van der Waals surface area contributed by atoms with E-state index in [-0.39, 0.29) is 0 Å². The average molecular weight is 185 g/mol. The first-order valence-electron chi connectivity index (χ1n) is 4.82. The minimum atomic E-state index is -0.589. The zero-order valence-corrected chi connectivity index (χ0v) is 8.75. The highest BCUT2D eigenvalue weighted by Crippen LogP contribution is 2.27. The highest BCUT2D eigenvalue weighted by molar-refractivity contribution is 5.62. The Hall–Kier alpha value is -0.410. The molecule has 0 amide bonds. The first-order valence-corrected chi connectivity index (χ1v) is 4.82. The van der Waals surface area contributed by atoms with Gasteiger partial charge < -0.3 is 14.4 Å². The minimum Gasteiger partial charge on any atom is -0.371 e. The summed E-state index contributed by atoms with van der Waals surface area (Å²) in [4.78, 5) is 13.2. The van der Waals surface area contributed by atoms with E-state index in [0.29, 0.717) is 5.92 Å². The second kappa shape index (κ2) is 4.20. The highest BCUT2D eigenvalue weighted by atomic mass is 16.5. The Labute approximate surface area is 80.1 Å². The van der Waals surface area contributed by atoms with Crippen LogP contribution in [0.2, 0.25) is 0 Å². The maximum atomic E-state index is 10.9. The van der Waals surface area contributed by atoms with Crippen LogP contribution >= 0.6 is 0 Å². The number of aldehydes is 1. The van der Waals surface area contributed by atoms with Crippen molar-refractivity contribution in [3.63, 3.8) is 0 Å². The van der Waals surface area contributed by atoms with E-state index in [2.05, 4.69) is 11.9 Å². The smallest absolute Gasteiger partial charge is 0.151 e. The van der Waals surface area contributed by atoms with E-state index in [0.717, 1.165) is 32.2 Å². The second-order valence-corrected chi connectivity index (χ2v) is 4.11. The first-order chi connectivity index (χ1) is 6.12. The summed E-state index contributed by atoms with van der Waals surface area (Å²) in [5, 5.41) is 0. The lowest BCUT2D eigenvalue weighted by molar-refractivity contribution is -0.134. The summed E-state index contributed by atoms with van der Waals surface area (Å²) in [6.45, 7) is 3.97. The summed E-state index contributed by atoms with van der Waals surface area (Å²) >= 11 is 0. The summed E-state index contributed by atoms with van der Waals surface area (Å²) in [5.41, 5.74) is -0.589. The lowest BCUT2D eigenvalue weighted by Crippen LogP contribution is -2.47.